The van der Waals surface area contributed by atoms with Gasteiger partial charge in [0, 0.05) is 0 Å². The second kappa shape index (κ2) is 8.47. The predicted octanol–water partition coefficient (Wildman–Crippen LogP) is 4.16. The summed E-state index contributed by atoms with van der Waals surface area (Å²) in [6, 6.07) is 14.0. The molecule has 0 aromatic heterocycles. The van der Waals surface area contributed by atoms with Gasteiger partial charge in [-0.3, -0.25) is 0 Å². The van der Waals surface area contributed by atoms with E-state index >= 15 is 0 Å². The molecule has 0 fully saturated rings. The Bertz CT molecular complexity index is 504. The van der Waals surface area contributed by atoms with Crippen LogP contribution >= 0.6 is 8.60 Å². The number of hydrogen-bond acceptors (Lipinski definition) is 5. The van der Waals surface area contributed by atoms with Crippen molar-refractivity contribution < 1.29 is 23.4 Å². The molecule has 2 rings (SSSR count). The van der Waals surface area contributed by atoms with E-state index in [0.29, 0.717) is 24.7 Å². The van der Waals surface area contributed by atoms with Gasteiger partial charge in [0.2, 0.25) is 0 Å². The second-order valence-electron chi connectivity index (χ2n) is 4.23. The summed E-state index contributed by atoms with van der Waals surface area (Å²) in [5.74, 6) is 2.54. The minimum Gasteiger partial charge on any atom is -0.494 e. The zero-order valence-electron chi connectivity index (χ0n) is 12.6. The Morgan fingerprint density at radius 3 is 1.32 bits per heavy atom. The van der Waals surface area contributed by atoms with Crippen LogP contribution in [0.15, 0.2) is 48.5 Å². The van der Waals surface area contributed by atoms with Gasteiger partial charge in [0.1, 0.15) is 23.0 Å². The van der Waals surface area contributed by atoms with Crippen LogP contribution in [0.2, 0.25) is 0 Å². The number of benzene rings is 2. The second-order valence-corrected chi connectivity index (χ2v) is 5.07. The summed E-state index contributed by atoms with van der Waals surface area (Å²) >= 11 is 0. The molecule has 0 spiro atoms. The average Bonchev–Trinajstić information content (AvgIpc) is 2.52. The highest BCUT2D eigenvalue weighted by molar-refractivity contribution is 7.41. The number of hydrogen-bond donors (Lipinski definition) is 1. The van der Waals surface area contributed by atoms with E-state index in [0.717, 1.165) is 11.5 Å². The van der Waals surface area contributed by atoms with Gasteiger partial charge in [-0.15, -0.1) is 0 Å². The Kier molecular flexibility index (Phi) is 6.31. The summed E-state index contributed by atoms with van der Waals surface area (Å²) in [6.07, 6.45) is 0. The van der Waals surface area contributed by atoms with Crippen LogP contribution in [-0.2, 0) is 0 Å². The Balaban J connectivity index is 1.87. The van der Waals surface area contributed by atoms with Crippen molar-refractivity contribution in [3.8, 4) is 23.0 Å². The highest BCUT2D eigenvalue weighted by atomic mass is 31.2. The zero-order valence-corrected chi connectivity index (χ0v) is 13.5. The van der Waals surface area contributed by atoms with Gasteiger partial charge in [0.15, 0.2) is 0 Å². The van der Waals surface area contributed by atoms with Crippen molar-refractivity contribution >= 4 is 8.60 Å². The van der Waals surface area contributed by atoms with Gasteiger partial charge >= 0.3 is 8.60 Å². The molecule has 0 aliphatic rings. The molecule has 0 aliphatic carbocycles. The highest BCUT2D eigenvalue weighted by Crippen LogP contribution is 2.37. The molecule has 0 saturated heterocycles. The van der Waals surface area contributed by atoms with Crippen LogP contribution in [0.25, 0.3) is 0 Å². The lowest BCUT2D eigenvalue weighted by molar-refractivity contribution is 0.338. The Morgan fingerprint density at radius 2 is 1.00 bits per heavy atom. The van der Waals surface area contributed by atoms with Crippen molar-refractivity contribution in [1.29, 1.82) is 0 Å². The molecule has 0 radical (unpaired) electrons. The molecule has 0 heterocycles. The van der Waals surface area contributed by atoms with Gasteiger partial charge in [-0.2, -0.15) is 0 Å². The van der Waals surface area contributed by atoms with Gasteiger partial charge in [-0.25, -0.2) is 0 Å². The topological polar surface area (TPSA) is 57.2 Å². The summed E-state index contributed by atoms with van der Waals surface area (Å²) in [7, 11) is -2.05. The standard InChI is InChI=1S/C16H19O5P/c1-3-18-13-5-9-15(10-6-13)20-22(17)21-16-11-7-14(8-12-16)19-4-2/h5-12,17H,3-4H2,1-2H3. The van der Waals surface area contributed by atoms with E-state index < -0.39 is 8.60 Å². The quantitative estimate of drug-likeness (QED) is 0.740. The van der Waals surface area contributed by atoms with Gasteiger partial charge < -0.3 is 23.4 Å². The SMILES string of the molecule is CCOc1ccc(OP(O)Oc2ccc(OCC)cc2)cc1. The predicted molar refractivity (Wildman–Crippen MR) is 85.6 cm³/mol. The lowest BCUT2D eigenvalue weighted by atomic mass is 10.3. The number of rotatable bonds is 8. The van der Waals surface area contributed by atoms with Crippen molar-refractivity contribution in [3.63, 3.8) is 0 Å². The normalized spacial score (nSPS) is 10.4. The fraction of sp³-hybridized carbons (Fsp3) is 0.250. The molecule has 0 bridgehead atoms. The summed E-state index contributed by atoms with van der Waals surface area (Å²) in [5, 5.41) is 0. The highest BCUT2D eigenvalue weighted by Gasteiger charge is 2.11. The van der Waals surface area contributed by atoms with Crippen LogP contribution in [-0.4, -0.2) is 18.1 Å². The van der Waals surface area contributed by atoms with Gasteiger partial charge in [-0.05, 0) is 62.4 Å². The average molecular weight is 322 g/mol. The molecule has 2 aromatic rings. The van der Waals surface area contributed by atoms with E-state index in [1.165, 1.54) is 0 Å². The number of ether oxygens (including phenoxy) is 2. The molecule has 0 aliphatic heterocycles. The molecular formula is C16H19O5P. The third kappa shape index (κ3) is 5.10. The molecule has 0 atom stereocenters. The van der Waals surface area contributed by atoms with E-state index in [1.807, 2.05) is 13.8 Å². The van der Waals surface area contributed by atoms with Crippen LogP contribution in [0.3, 0.4) is 0 Å². The molecular weight excluding hydrogens is 303 g/mol. The summed E-state index contributed by atoms with van der Waals surface area (Å²) in [4.78, 5) is 9.86. The van der Waals surface area contributed by atoms with Crippen molar-refractivity contribution in [2.75, 3.05) is 13.2 Å². The first-order chi connectivity index (χ1) is 10.7. The first-order valence-corrected chi connectivity index (χ1v) is 8.15. The zero-order chi connectivity index (χ0) is 15.8. The first kappa shape index (κ1) is 16.4. The molecule has 2 aromatic carbocycles. The largest absolute Gasteiger partial charge is 0.494 e. The van der Waals surface area contributed by atoms with E-state index in [4.69, 9.17) is 18.5 Å². The molecule has 6 heteroatoms. The summed E-state index contributed by atoms with van der Waals surface area (Å²) in [5.41, 5.74) is 0. The van der Waals surface area contributed by atoms with E-state index in [9.17, 15) is 4.89 Å². The van der Waals surface area contributed by atoms with Crippen LogP contribution in [0.4, 0.5) is 0 Å². The summed E-state index contributed by atoms with van der Waals surface area (Å²) in [6.45, 7) is 5.05. The van der Waals surface area contributed by atoms with Gasteiger partial charge in [-0.1, -0.05) is 0 Å². The van der Waals surface area contributed by atoms with Crippen LogP contribution in [0, 0.1) is 0 Å². The minimum atomic E-state index is -2.05. The Labute approximate surface area is 131 Å². The maximum atomic E-state index is 9.86. The smallest absolute Gasteiger partial charge is 0.460 e. The summed E-state index contributed by atoms with van der Waals surface area (Å²) < 4.78 is 21.4. The third-order valence-corrected chi connectivity index (χ3v) is 3.37. The molecule has 22 heavy (non-hydrogen) atoms. The maximum Gasteiger partial charge on any atom is 0.460 e. The molecule has 118 valence electrons. The van der Waals surface area contributed by atoms with Crippen molar-refractivity contribution in [2.24, 2.45) is 0 Å². The van der Waals surface area contributed by atoms with Crippen molar-refractivity contribution in [2.45, 2.75) is 13.8 Å². The van der Waals surface area contributed by atoms with Crippen LogP contribution in [0.5, 0.6) is 23.0 Å². The molecule has 1 N–H and O–H groups in total. The van der Waals surface area contributed by atoms with E-state index in [1.54, 1.807) is 48.5 Å². The monoisotopic (exact) mass is 322 g/mol. The Hall–Kier alpha value is -1.97. The van der Waals surface area contributed by atoms with Crippen LogP contribution in [0.1, 0.15) is 13.8 Å². The molecule has 5 nitrogen and oxygen atoms in total. The van der Waals surface area contributed by atoms with Crippen LogP contribution < -0.4 is 18.5 Å². The molecule has 0 saturated carbocycles. The molecule has 0 amide bonds. The lowest BCUT2D eigenvalue weighted by Crippen LogP contribution is -1.96. The van der Waals surface area contributed by atoms with Crippen molar-refractivity contribution in [3.05, 3.63) is 48.5 Å². The van der Waals surface area contributed by atoms with E-state index in [2.05, 4.69) is 0 Å². The fourth-order valence-corrected chi connectivity index (χ4v) is 2.37. The third-order valence-electron chi connectivity index (χ3n) is 2.64. The van der Waals surface area contributed by atoms with Crippen molar-refractivity contribution in [1.82, 2.24) is 0 Å². The lowest BCUT2D eigenvalue weighted by Gasteiger charge is -2.13. The Morgan fingerprint density at radius 1 is 0.682 bits per heavy atom. The first-order valence-electron chi connectivity index (χ1n) is 7.02. The maximum absolute atomic E-state index is 9.86. The van der Waals surface area contributed by atoms with E-state index in [-0.39, 0.29) is 0 Å². The fourth-order valence-electron chi connectivity index (χ4n) is 1.73. The molecule has 0 unspecified atom stereocenters. The minimum absolute atomic E-state index is 0.517. The van der Waals surface area contributed by atoms with Gasteiger partial charge in [0.05, 0.1) is 13.2 Å². The van der Waals surface area contributed by atoms with Gasteiger partial charge in [0.25, 0.3) is 0 Å².